The predicted molar refractivity (Wildman–Crippen MR) is 50.1 cm³/mol. The van der Waals surface area contributed by atoms with E-state index >= 15 is 0 Å². The van der Waals surface area contributed by atoms with E-state index in [1.165, 1.54) is 17.7 Å². The van der Waals surface area contributed by atoms with Crippen molar-refractivity contribution in [3.05, 3.63) is 0 Å². The van der Waals surface area contributed by atoms with Crippen molar-refractivity contribution in [3.8, 4) is 0 Å². The van der Waals surface area contributed by atoms with Gasteiger partial charge in [0.2, 0.25) is 0 Å². The number of nitrogens with zero attached hydrogens (tertiary/aromatic N) is 2. The van der Waals surface area contributed by atoms with Crippen molar-refractivity contribution >= 4 is 6.98 Å². The Morgan fingerprint density at radius 2 is 1.53 bits per heavy atom. The summed E-state index contributed by atoms with van der Waals surface area (Å²) in [4.78, 5) is 3.85. The molecule has 1 aliphatic heterocycles. The number of rotatable bonds is 3. The van der Waals surface area contributed by atoms with E-state index in [1.807, 2.05) is 0 Å². The molecule has 2 rings (SSSR count). The number of hydrogen-bond acceptors (Lipinski definition) is 2. The molecule has 2 nitrogen and oxygen atoms in total. The quantitative estimate of drug-likeness (QED) is 0.540. The molecule has 1 saturated carbocycles. The van der Waals surface area contributed by atoms with Gasteiger partial charge in [-0.2, -0.15) is 0 Å². The van der Waals surface area contributed by atoms with Gasteiger partial charge in [0.1, 0.15) is 0 Å². The molecule has 2 fully saturated rings. The van der Waals surface area contributed by atoms with Gasteiger partial charge in [-0.15, -0.1) is 0 Å². The smallest absolute Gasteiger partial charge is 0.448 e. The molecule has 0 N–H and O–H groups in total. The summed E-state index contributed by atoms with van der Waals surface area (Å²) in [6.45, 7) is -1.84. The van der Waals surface area contributed by atoms with Gasteiger partial charge in [0.15, 0.2) is 0 Å². The van der Waals surface area contributed by atoms with E-state index in [4.69, 9.17) is 0 Å². The molecule has 0 atom stereocenters. The van der Waals surface area contributed by atoms with Gasteiger partial charge in [-0.25, -0.2) is 0 Å². The van der Waals surface area contributed by atoms with Crippen molar-refractivity contribution < 1.29 is 64.3 Å². The summed E-state index contributed by atoms with van der Waals surface area (Å²) in [5.41, 5.74) is 0. The van der Waals surface area contributed by atoms with Crippen LogP contribution < -0.4 is 51.4 Å². The second-order valence-electron chi connectivity index (χ2n) is 4.28. The molecule has 82 valence electrons. The Balaban J connectivity index is 0.00000112. The molecule has 15 heavy (non-hydrogen) atoms. The fourth-order valence-electron chi connectivity index (χ4n) is 2.04. The van der Waals surface area contributed by atoms with Crippen molar-refractivity contribution in [1.82, 2.24) is 9.80 Å². The molecule has 0 aromatic rings. The average Bonchev–Trinajstić information content (AvgIpc) is 2.85. The van der Waals surface area contributed by atoms with Gasteiger partial charge in [0.05, 0.1) is 0 Å². The molecule has 0 radical (unpaired) electrons. The first-order valence-electron chi connectivity index (χ1n) is 5.22. The molecular formula is C8H15BF3KN2. The van der Waals surface area contributed by atoms with Gasteiger partial charge in [0, 0.05) is 32.2 Å². The normalized spacial score (nSPS) is 25.0. The van der Waals surface area contributed by atoms with Crippen LogP contribution in [0.4, 0.5) is 12.9 Å². The van der Waals surface area contributed by atoms with Gasteiger partial charge >= 0.3 is 58.4 Å². The van der Waals surface area contributed by atoms with Crippen LogP contribution in [-0.2, 0) is 0 Å². The molecule has 0 bridgehead atoms. The molecule has 0 aromatic carbocycles. The minimum atomic E-state index is -4.64. The second-order valence-corrected chi connectivity index (χ2v) is 4.28. The Labute approximate surface area is 131 Å². The Morgan fingerprint density at radius 1 is 1.00 bits per heavy atom. The molecule has 7 heteroatoms. The maximum Gasteiger partial charge on any atom is 1.00 e. The topological polar surface area (TPSA) is 6.48 Å². The van der Waals surface area contributed by atoms with Gasteiger partial charge < -0.3 is 17.8 Å². The fraction of sp³-hybridized carbons (Fsp3) is 1.00. The van der Waals surface area contributed by atoms with Crippen molar-refractivity contribution in [2.45, 2.75) is 18.9 Å². The summed E-state index contributed by atoms with van der Waals surface area (Å²) >= 11 is 0. The van der Waals surface area contributed by atoms with E-state index in [0.717, 1.165) is 13.1 Å². The third kappa shape index (κ3) is 5.06. The van der Waals surface area contributed by atoms with Crippen molar-refractivity contribution in [2.75, 3.05) is 32.6 Å². The fourth-order valence-corrected chi connectivity index (χ4v) is 2.04. The Kier molecular flexibility index (Phi) is 5.63. The van der Waals surface area contributed by atoms with Crippen LogP contribution in [0.1, 0.15) is 12.8 Å². The van der Waals surface area contributed by atoms with E-state index in [1.54, 1.807) is 0 Å². The van der Waals surface area contributed by atoms with Crippen LogP contribution >= 0.6 is 0 Å². The molecule has 1 aliphatic carbocycles. The number of halogens is 3. The summed E-state index contributed by atoms with van der Waals surface area (Å²) < 4.78 is 36.3. The molecule has 0 amide bonds. The minimum absolute atomic E-state index is 0. The van der Waals surface area contributed by atoms with E-state index < -0.39 is 13.4 Å². The maximum absolute atomic E-state index is 12.1. The summed E-state index contributed by atoms with van der Waals surface area (Å²) in [6.07, 6.45) is 1.80. The van der Waals surface area contributed by atoms with E-state index in [-0.39, 0.29) is 51.4 Å². The average molecular weight is 246 g/mol. The summed E-state index contributed by atoms with van der Waals surface area (Å²) in [5, 5.41) is 0. The van der Waals surface area contributed by atoms with Crippen molar-refractivity contribution in [2.24, 2.45) is 0 Å². The molecule has 1 heterocycles. The molecule has 1 saturated heterocycles. The van der Waals surface area contributed by atoms with Crippen LogP contribution in [0.3, 0.4) is 0 Å². The molecule has 0 spiro atoms. The number of piperazine rings is 1. The largest absolute Gasteiger partial charge is 1.00 e. The zero-order valence-corrected chi connectivity index (χ0v) is 12.3. The molecule has 0 aromatic heterocycles. The zero-order chi connectivity index (χ0) is 10.2. The van der Waals surface area contributed by atoms with E-state index in [0.29, 0.717) is 19.1 Å². The van der Waals surface area contributed by atoms with Crippen molar-refractivity contribution in [1.29, 1.82) is 0 Å². The summed E-state index contributed by atoms with van der Waals surface area (Å²) in [7, 11) is 0. The third-order valence-electron chi connectivity index (χ3n) is 2.94. The van der Waals surface area contributed by atoms with Crippen LogP contribution in [0.25, 0.3) is 0 Å². The van der Waals surface area contributed by atoms with E-state index in [2.05, 4.69) is 4.90 Å². The third-order valence-corrected chi connectivity index (χ3v) is 2.94. The maximum atomic E-state index is 12.1. The predicted octanol–water partition coefficient (Wildman–Crippen LogP) is -1.84. The molecule has 0 unspecified atom stereocenters. The number of hydrogen-bond donors (Lipinski definition) is 0. The minimum Gasteiger partial charge on any atom is -0.448 e. The monoisotopic (exact) mass is 246 g/mol. The summed E-state index contributed by atoms with van der Waals surface area (Å²) in [6, 6.07) is 0.688. The Hall–Kier alpha value is 1.41. The second kappa shape index (κ2) is 5.84. The van der Waals surface area contributed by atoms with Crippen molar-refractivity contribution in [3.63, 3.8) is 0 Å². The van der Waals surface area contributed by atoms with Gasteiger partial charge in [0.25, 0.3) is 0 Å². The van der Waals surface area contributed by atoms with Crippen LogP contribution in [0.15, 0.2) is 0 Å². The van der Waals surface area contributed by atoms with E-state index in [9.17, 15) is 12.9 Å². The molecule has 2 aliphatic rings. The Bertz CT molecular complexity index is 203. The Morgan fingerprint density at radius 3 is 1.93 bits per heavy atom. The standard InChI is InChI=1S/C8H15BF3N2.K/c10-9(11,12)7-13-3-5-14(6-4-13)8-1-2-8;/h8H,1-7H2;/q-1;+1. The molecular weight excluding hydrogens is 231 g/mol. The first-order valence-corrected chi connectivity index (χ1v) is 5.22. The zero-order valence-electron chi connectivity index (χ0n) is 9.13. The van der Waals surface area contributed by atoms with Gasteiger partial charge in [-0.1, -0.05) is 0 Å². The first-order chi connectivity index (χ1) is 6.54. The van der Waals surface area contributed by atoms with Crippen LogP contribution in [-0.4, -0.2) is 55.4 Å². The van der Waals surface area contributed by atoms with Gasteiger partial charge in [-0.3, -0.25) is 4.90 Å². The van der Waals surface area contributed by atoms with Crippen LogP contribution in [0.2, 0.25) is 0 Å². The van der Waals surface area contributed by atoms with Gasteiger partial charge in [-0.05, 0) is 19.3 Å². The van der Waals surface area contributed by atoms with Crippen LogP contribution in [0.5, 0.6) is 0 Å². The summed E-state index contributed by atoms with van der Waals surface area (Å²) in [5.74, 6) is 0. The SMILES string of the molecule is F[B-](F)(F)CN1CCN(C2CC2)CC1.[K+]. The first kappa shape index (κ1) is 14.5. The van der Waals surface area contributed by atoms with Crippen LogP contribution in [0, 0.1) is 0 Å².